The second-order valence-electron chi connectivity index (χ2n) is 7.17. The number of hydrogen-bond acceptors (Lipinski definition) is 6. The van der Waals surface area contributed by atoms with Crippen molar-refractivity contribution in [3.63, 3.8) is 0 Å². The number of imidazole rings is 1. The average Bonchev–Trinajstić information content (AvgIpc) is 3.19. The van der Waals surface area contributed by atoms with Crippen LogP contribution in [0.3, 0.4) is 0 Å². The molecule has 0 radical (unpaired) electrons. The summed E-state index contributed by atoms with van der Waals surface area (Å²) in [5.74, 6) is 0.370. The van der Waals surface area contributed by atoms with E-state index in [1.165, 1.54) is 6.07 Å². The fraction of sp³-hybridized carbons (Fsp3) is 0.238. The lowest BCUT2D eigenvalue weighted by Gasteiger charge is -2.21. The van der Waals surface area contributed by atoms with Crippen LogP contribution in [0.25, 0.3) is 27.7 Å². The normalized spacial score (nSPS) is 11.5. The number of rotatable bonds is 6. The zero-order valence-electron chi connectivity index (χ0n) is 16.9. The first kappa shape index (κ1) is 20.2. The number of nitrogens with zero attached hydrogens (tertiary/aromatic N) is 4. The number of nitrogens with two attached hydrogens (primary N) is 1. The number of benzene rings is 2. The van der Waals surface area contributed by atoms with Gasteiger partial charge in [-0.2, -0.15) is 0 Å². The number of aromatic nitrogens is 3. The quantitative estimate of drug-likeness (QED) is 0.484. The predicted molar refractivity (Wildman–Crippen MR) is 119 cm³/mol. The molecule has 0 saturated heterocycles. The van der Waals surface area contributed by atoms with Crippen molar-refractivity contribution in [3.05, 3.63) is 47.6 Å². The number of hydrogen-bond donors (Lipinski definition) is 2. The number of methoxy groups -OCH3 is 1. The number of nitrogen functional groups attached to an aromatic ring is 1. The minimum absolute atomic E-state index is 0.238. The van der Waals surface area contributed by atoms with E-state index < -0.39 is 5.82 Å². The van der Waals surface area contributed by atoms with Crippen molar-refractivity contribution in [1.82, 2.24) is 19.3 Å². The van der Waals surface area contributed by atoms with E-state index >= 15 is 4.39 Å². The van der Waals surface area contributed by atoms with Crippen molar-refractivity contribution in [2.75, 3.05) is 45.3 Å². The maximum atomic E-state index is 15.0. The Bertz CT molecular complexity index is 1220. The van der Waals surface area contributed by atoms with Gasteiger partial charge in [0.15, 0.2) is 0 Å². The third kappa shape index (κ3) is 3.38. The van der Waals surface area contributed by atoms with Crippen LogP contribution < -0.4 is 15.8 Å². The molecule has 7 nitrogen and oxygen atoms in total. The molecule has 4 aromatic rings. The van der Waals surface area contributed by atoms with Crippen LogP contribution >= 0.6 is 11.6 Å². The van der Waals surface area contributed by atoms with Gasteiger partial charge in [-0.3, -0.25) is 4.40 Å². The van der Waals surface area contributed by atoms with E-state index in [0.29, 0.717) is 40.1 Å². The van der Waals surface area contributed by atoms with Crippen LogP contribution in [0.4, 0.5) is 15.9 Å². The summed E-state index contributed by atoms with van der Waals surface area (Å²) in [6.45, 7) is 1.37. The van der Waals surface area contributed by atoms with E-state index in [9.17, 15) is 0 Å². The molecule has 0 unspecified atom stereocenters. The van der Waals surface area contributed by atoms with Crippen molar-refractivity contribution in [3.8, 4) is 16.9 Å². The molecule has 0 spiro atoms. The second kappa shape index (κ2) is 7.97. The van der Waals surface area contributed by atoms with Gasteiger partial charge in [-0.1, -0.05) is 17.7 Å². The van der Waals surface area contributed by atoms with E-state index in [0.717, 1.165) is 6.54 Å². The van der Waals surface area contributed by atoms with E-state index in [4.69, 9.17) is 22.1 Å². The standard InChI is InChI=1S/C21H22ClFN6O/c1-28(2)8-7-26-20-16(30-3)9-14-19(27-21(24)15-10-25-11-29(14)15)18(20)17-12(22)5-4-6-13(17)23/h4-6,9-11,26H,7-8H2,1-3H3,(H2,24,27). The molecule has 0 amide bonds. The lowest BCUT2D eigenvalue weighted by Crippen LogP contribution is -2.21. The number of fused-ring (bicyclic) bond motifs is 3. The summed E-state index contributed by atoms with van der Waals surface area (Å²) in [6, 6.07) is 6.43. The van der Waals surface area contributed by atoms with Crippen LogP contribution in [0, 0.1) is 5.82 Å². The fourth-order valence-corrected chi connectivity index (χ4v) is 3.76. The minimum atomic E-state index is -0.459. The molecule has 2 heterocycles. The highest BCUT2D eigenvalue weighted by molar-refractivity contribution is 6.34. The molecule has 0 atom stereocenters. The Morgan fingerprint density at radius 2 is 2.07 bits per heavy atom. The summed E-state index contributed by atoms with van der Waals surface area (Å²) in [4.78, 5) is 10.8. The van der Waals surface area contributed by atoms with Gasteiger partial charge < -0.3 is 20.7 Å². The molecule has 2 aromatic heterocycles. The molecular weight excluding hydrogens is 407 g/mol. The largest absolute Gasteiger partial charge is 0.494 e. The lowest BCUT2D eigenvalue weighted by atomic mass is 9.99. The molecular formula is C21H22ClFN6O. The molecule has 0 aliphatic carbocycles. The Morgan fingerprint density at radius 3 is 2.77 bits per heavy atom. The molecule has 0 saturated carbocycles. The SMILES string of the molecule is COc1cc2c(nc(N)c3cncn32)c(-c2c(F)cccc2Cl)c1NCCN(C)C. The van der Waals surface area contributed by atoms with Gasteiger partial charge in [-0.15, -0.1) is 0 Å². The highest BCUT2D eigenvalue weighted by Gasteiger charge is 2.23. The zero-order chi connectivity index (χ0) is 21.4. The summed E-state index contributed by atoms with van der Waals surface area (Å²) in [5.41, 5.74) is 9.36. The van der Waals surface area contributed by atoms with E-state index in [-0.39, 0.29) is 16.4 Å². The molecule has 0 fully saturated rings. The Labute approximate surface area is 178 Å². The lowest BCUT2D eigenvalue weighted by molar-refractivity contribution is 0.413. The molecule has 0 bridgehead atoms. The first-order valence-corrected chi connectivity index (χ1v) is 9.75. The number of likely N-dealkylation sites (N-methyl/N-ethyl adjacent to an activating group) is 1. The maximum Gasteiger partial charge on any atom is 0.150 e. The van der Waals surface area contributed by atoms with Crippen molar-refractivity contribution in [2.24, 2.45) is 0 Å². The topological polar surface area (TPSA) is 80.7 Å². The summed E-state index contributed by atoms with van der Waals surface area (Å²) in [6.07, 6.45) is 3.27. The van der Waals surface area contributed by atoms with Gasteiger partial charge in [0.05, 0.1) is 41.4 Å². The number of ether oxygens (including phenoxy) is 1. The number of nitrogens with one attached hydrogen (secondary N) is 1. The van der Waals surface area contributed by atoms with E-state index in [2.05, 4.69) is 15.3 Å². The van der Waals surface area contributed by atoms with Crippen LogP contribution in [-0.2, 0) is 0 Å². The summed E-state index contributed by atoms with van der Waals surface area (Å²) < 4.78 is 22.5. The van der Waals surface area contributed by atoms with Gasteiger partial charge >= 0.3 is 0 Å². The van der Waals surface area contributed by atoms with E-state index in [1.54, 1.807) is 31.8 Å². The van der Waals surface area contributed by atoms with Gasteiger partial charge in [0.2, 0.25) is 0 Å². The van der Waals surface area contributed by atoms with Crippen LogP contribution in [0.2, 0.25) is 5.02 Å². The molecule has 0 aliphatic heterocycles. The van der Waals surface area contributed by atoms with Gasteiger partial charge in [0.1, 0.15) is 22.9 Å². The van der Waals surface area contributed by atoms with Gasteiger partial charge in [0, 0.05) is 30.3 Å². The smallest absolute Gasteiger partial charge is 0.150 e. The monoisotopic (exact) mass is 428 g/mol. The third-order valence-electron chi connectivity index (χ3n) is 4.93. The molecule has 9 heteroatoms. The van der Waals surface area contributed by atoms with Crippen LogP contribution in [0.15, 0.2) is 36.8 Å². The highest BCUT2D eigenvalue weighted by Crippen LogP contribution is 2.45. The third-order valence-corrected chi connectivity index (χ3v) is 5.24. The molecule has 156 valence electrons. The molecule has 0 aliphatic rings. The molecule has 3 N–H and O–H groups in total. The van der Waals surface area contributed by atoms with Gasteiger partial charge in [-0.25, -0.2) is 14.4 Å². The van der Waals surface area contributed by atoms with Gasteiger partial charge in [0.25, 0.3) is 0 Å². The number of halogens is 2. The Morgan fingerprint density at radius 1 is 1.27 bits per heavy atom. The fourth-order valence-electron chi connectivity index (χ4n) is 3.51. The first-order chi connectivity index (χ1) is 14.4. The molecule has 30 heavy (non-hydrogen) atoms. The van der Waals surface area contributed by atoms with Crippen molar-refractivity contribution in [1.29, 1.82) is 0 Å². The summed E-state index contributed by atoms with van der Waals surface area (Å²) in [7, 11) is 5.53. The maximum absolute atomic E-state index is 15.0. The zero-order valence-corrected chi connectivity index (χ0v) is 17.7. The van der Waals surface area contributed by atoms with E-state index in [1.807, 2.05) is 29.5 Å². The van der Waals surface area contributed by atoms with Crippen molar-refractivity contribution < 1.29 is 9.13 Å². The minimum Gasteiger partial charge on any atom is -0.494 e. The van der Waals surface area contributed by atoms with Crippen LogP contribution in [-0.4, -0.2) is 53.6 Å². The first-order valence-electron chi connectivity index (χ1n) is 9.37. The van der Waals surface area contributed by atoms with Gasteiger partial charge in [-0.05, 0) is 26.2 Å². The average molecular weight is 429 g/mol. The summed E-state index contributed by atoms with van der Waals surface area (Å²) in [5, 5.41) is 3.64. The Hall–Kier alpha value is -3.10. The number of anilines is 2. The Balaban J connectivity index is 2.11. The van der Waals surface area contributed by atoms with Crippen molar-refractivity contribution in [2.45, 2.75) is 0 Å². The van der Waals surface area contributed by atoms with Crippen molar-refractivity contribution >= 4 is 39.7 Å². The highest BCUT2D eigenvalue weighted by atomic mass is 35.5. The summed E-state index contributed by atoms with van der Waals surface area (Å²) >= 11 is 6.46. The predicted octanol–water partition coefficient (Wildman–Crippen LogP) is 3.91. The second-order valence-corrected chi connectivity index (χ2v) is 7.58. The molecule has 2 aromatic carbocycles. The van der Waals surface area contributed by atoms with Crippen LogP contribution in [0.1, 0.15) is 0 Å². The Kier molecular flexibility index (Phi) is 5.36. The van der Waals surface area contributed by atoms with Crippen LogP contribution in [0.5, 0.6) is 5.75 Å². The molecule has 4 rings (SSSR count).